The largest absolute Gasteiger partial charge is 0.490 e. The summed E-state index contributed by atoms with van der Waals surface area (Å²) in [5.41, 5.74) is 2.50. The summed E-state index contributed by atoms with van der Waals surface area (Å²) in [5, 5.41) is 8.62. The predicted octanol–water partition coefficient (Wildman–Crippen LogP) is 1.49. The van der Waals surface area contributed by atoms with Gasteiger partial charge in [-0.15, -0.1) is 0 Å². The number of ether oxygens (including phenoxy) is 1. The van der Waals surface area contributed by atoms with E-state index in [2.05, 4.69) is 0 Å². The van der Waals surface area contributed by atoms with Crippen molar-refractivity contribution in [3.8, 4) is 5.75 Å². The van der Waals surface area contributed by atoms with Crippen molar-refractivity contribution in [1.29, 1.82) is 0 Å². The Labute approximate surface area is 83.3 Å². The highest BCUT2D eigenvalue weighted by Crippen LogP contribution is 2.22. The Morgan fingerprint density at radius 2 is 2.14 bits per heavy atom. The van der Waals surface area contributed by atoms with Crippen LogP contribution in [0.15, 0.2) is 12.1 Å². The van der Waals surface area contributed by atoms with Crippen molar-refractivity contribution in [2.24, 2.45) is 0 Å². The zero-order valence-corrected chi connectivity index (χ0v) is 8.41. The van der Waals surface area contributed by atoms with Crippen LogP contribution in [0.4, 0.5) is 0 Å². The van der Waals surface area contributed by atoms with Gasteiger partial charge in [0.2, 0.25) is 0 Å². The second kappa shape index (κ2) is 4.77. The third-order valence-corrected chi connectivity index (χ3v) is 1.96. The molecule has 0 aliphatic rings. The maximum atomic E-state index is 10.8. The Morgan fingerprint density at radius 3 is 2.71 bits per heavy atom. The van der Waals surface area contributed by atoms with Crippen LogP contribution < -0.4 is 4.74 Å². The van der Waals surface area contributed by atoms with Gasteiger partial charge in [-0.3, -0.25) is 4.79 Å². The van der Waals surface area contributed by atoms with Gasteiger partial charge in [-0.05, 0) is 31.0 Å². The highest BCUT2D eigenvalue weighted by Gasteiger charge is 2.06. The van der Waals surface area contributed by atoms with Gasteiger partial charge in [-0.2, -0.15) is 0 Å². The maximum absolute atomic E-state index is 10.8. The molecule has 0 aliphatic carbocycles. The Bertz CT molecular complexity index is 332. The number of carbonyl (C=O) groups excluding carboxylic acids is 1. The second-order valence-electron chi connectivity index (χ2n) is 3.18. The van der Waals surface area contributed by atoms with Crippen LogP contribution >= 0.6 is 0 Å². The van der Waals surface area contributed by atoms with Gasteiger partial charge in [0.05, 0.1) is 12.2 Å². The molecule has 0 aliphatic heterocycles. The normalized spacial score (nSPS) is 9.93. The molecule has 0 unspecified atom stereocenters. The fourth-order valence-electron chi connectivity index (χ4n) is 1.37. The second-order valence-corrected chi connectivity index (χ2v) is 3.18. The van der Waals surface area contributed by atoms with Crippen LogP contribution in [0, 0.1) is 13.8 Å². The summed E-state index contributed by atoms with van der Waals surface area (Å²) in [7, 11) is 0. The lowest BCUT2D eigenvalue weighted by Crippen LogP contribution is -2.05. The molecule has 1 aromatic carbocycles. The zero-order chi connectivity index (χ0) is 10.6. The van der Waals surface area contributed by atoms with Gasteiger partial charge in [0, 0.05) is 0 Å². The molecule has 1 rings (SSSR count). The molecule has 3 heteroatoms. The van der Waals surface area contributed by atoms with Crippen molar-refractivity contribution in [3.63, 3.8) is 0 Å². The fourth-order valence-corrected chi connectivity index (χ4v) is 1.37. The number of carbonyl (C=O) groups is 1. The van der Waals surface area contributed by atoms with Crippen molar-refractivity contribution < 1.29 is 14.6 Å². The van der Waals surface area contributed by atoms with E-state index < -0.39 is 0 Å². The van der Waals surface area contributed by atoms with Gasteiger partial charge in [0.1, 0.15) is 12.4 Å². The number of hydrogen-bond acceptors (Lipinski definition) is 3. The van der Waals surface area contributed by atoms with Crippen LogP contribution in [0.2, 0.25) is 0 Å². The molecule has 0 fully saturated rings. The molecule has 0 aromatic heterocycles. The first-order valence-corrected chi connectivity index (χ1v) is 4.49. The first kappa shape index (κ1) is 10.7. The Morgan fingerprint density at radius 1 is 1.43 bits per heavy atom. The lowest BCUT2D eigenvalue weighted by molar-refractivity contribution is 0.111. The molecular formula is C11H14O3. The molecule has 76 valence electrons. The molecule has 0 radical (unpaired) electrons. The van der Waals surface area contributed by atoms with Crippen molar-refractivity contribution >= 4 is 6.29 Å². The highest BCUT2D eigenvalue weighted by molar-refractivity contribution is 5.81. The smallest absolute Gasteiger partial charge is 0.154 e. The van der Waals surface area contributed by atoms with Crippen LogP contribution in [-0.2, 0) is 0 Å². The summed E-state index contributed by atoms with van der Waals surface area (Å²) in [6, 6.07) is 3.72. The Kier molecular flexibility index (Phi) is 3.65. The average Bonchev–Trinajstić information content (AvgIpc) is 2.14. The van der Waals surface area contributed by atoms with Crippen molar-refractivity contribution in [3.05, 3.63) is 28.8 Å². The topological polar surface area (TPSA) is 46.5 Å². The monoisotopic (exact) mass is 194 g/mol. The lowest BCUT2D eigenvalue weighted by atomic mass is 10.1. The number of benzene rings is 1. The first-order valence-electron chi connectivity index (χ1n) is 4.49. The fraction of sp³-hybridized carbons (Fsp3) is 0.364. The van der Waals surface area contributed by atoms with E-state index in [0.717, 1.165) is 17.4 Å². The third-order valence-electron chi connectivity index (χ3n) is 1.96. The third kappa shape index (κ3) is 2.33. The minimum absolute atomic E-state index is 0.0503. The molecular weight excluding hydrogens is 180 g/mol. The summed E-state index contributed by atoms with van der Waals surface area (Å²) < 4.78 is 5.26. The van der Waals surface area contributed by atoms with E-state index in [0.29, 0.717) is 11.3 Å². The molecule has 3 nitrogen and oxygen atoms in total. The van der Waals surface area contributed by atoms with Crippen molar-refractivity contribution in [2.45, 2.75) is 13.8 Å². The summed E-state index contributed by atoms with van der Waals surface area (Å²) in [6.45, 7) is 3.96. The van der Waals surface area contributed by atoms with Crippen LogP contribution in [-0.4, -0.2) is 24.6 Å². The summed E-state index contributed by atoms with van der Waals surface area (Å²) in [5.74, 6) is 0.548. The van der Waals surface area contributed by atoms with Crippen LogP contribution in [0.1, 0.15) is 21.5 Å². The molecule has 0 amide bonds. The van der Waals surface area contributed by atoms with Gasteiger partial charge in [0.25, 0.3) is 0 Å². The van der Waals surface area contributed by atoms with Gasteiger partial charge in [-0.1, -0.05) is 6.07 Å². The van der Waals surface area contributed by atoms with Crippen molar-refractivity contribution in [1.82, 2.24) is 0 Å². The van der Waals surface area contributed by atoms with Gasteiger partial charge in [-0.25, -0.2) is 0 Å². The summed E-state index contributed by atoms with van der Waals surface area (Å²) >= 11 is 0. The number of aliphatic hydroxyl groups is 1. The van der Waals surface area contributed by atoms with E-state index in [1.165, 1.54) is 0 Å². The molecule has 0 atom stereocenters. The Hall–Kier alpha value is -1.35. The van der Waals surface area contributed by atoms with E-state index in [4.69, 9.17) is 9.84 Å². The summed E-state index contributed by atoms with van der Waals surface area (Å²) in [4.78, 5) is 10.8. The molecule has 1 aromatic rings. The quantitative estimate of drug-likeness (QED) is 0.738. The number of aliphatic hydroxyl groups excluding tert-OH is 1. The van der Waals surface area contributed by atoms with E-state index in [-0.39, 0.29) is 13.2 Å². The zero-order valence-electron chi connectivity index (χ0n) is 8.41. The number of hydrogen-bond donors (Lipinski definition) is 1. The van der Waals surface area contributed by atoms with E-state index in [1.54, 1.807) is 6.07 Å². The molecule has 1 N–H and O–H groups in total. The SMILES string of the molecule is Cc1cc(C)c(C=O)c(OCCO)c1. The van der Waals surface area contributed by atoms with E-state index in [1.807, 2.05) is 19.9 Å². The first-order chi connectivity index (χ1) is 6.69. The van der Waals surface area contributed by atoms with Crippen molar-refractivity contribution in [2.75, 3.05) is 13.2 Å². The molecule has 0 bridgehead atoms. The maximum Gasteiger partial charge on any atom is 0.154 e. The van der Waals surface area contributed by atoms with Crippen LogP contribution in [0.25, 0.3) is 0 Å². The van der Waals surface area contributed by atoms with Gasteiger partial charge >= 0.3 is 0 Å². The minimum Gasteiger partial charge on any atom is -0.490 e. The van der Waals surface area contributed by atoms with E-state index in [9.17, 15) is 4.79 Å². The minimum atomic E-state index is -0.0503. The van der Waals surface area contributed by atoms with Crippen LogP contribution in [0.5, 0.6) is 5.75 Å². The highest BCUT2D eigenvalue weighted by atomic mass is 16.5. The molecule has 0 saturated heterocycles. The molecule has 0 spiro atoms. The molecule has 0 saturated carbocycles. The van der Waals surface area contributed by atoms with Crippen LogP contribution in [0.3, 0.4) is 0 Å². The van der Waals surface area contributed by atoms with Gasteiger partial charge < -0.3 is 9.84 Å². The average molecular weight is 194 g/mol. The predicted molar refractivity (Wildman–Crippen MR) is 53.9 cm³/mol. The summed E-state index contributed by atoms with van der Waals surface area (Å²) in [6.07, 6.45) is 0.779. The number of aryl methyl sites for hydroxylation is 2. The lowest BCUT2D eigenvalue weighted by Gasteiger charge is -2.10. The molecule has 0 heterocycles. The van der Waals surface area contributed by atoms with E-state index >= 15 is 0 Å². The Balaban J connectivity index is 3.05. The number of aldehydes is 1. The van der Waals surface area contributed by atoms with Gasteiger partial charge in [0.15, 0.2) is 6.29 Å². The standard InChI is InChI=1S/C11H14O3/c1-8-5-9(2)10(7-13)11(6-8)14-4-3-12/h5-7,12H,3-4H2,1-2H3. The number of rotatable bonds is 4. The molecule has 14 heavy (non-hydrogen) atoms.